The lowest BCUT2D eigenvalue weighted by Crippen LogP contribution is -2.34. The summed E-state index contributed by atoms with van der Waals surface area (Å²) in [5.74, 6) is -0.351. The van der Waals surface area contributed by atoms with Crippen molar-refractivity contribution in [3.05, 3.63) is 0 Å². The van der Waals surface area contributed by atoms with Crippen LogP contribution in [0, 0.1) is 0 Å². The molecule has 0 radical (unpaired) electrons. The van der Waals surface area contributed by atoms with Gasteiger partial charge in [0.25, 0.3) is 5.97 Å². The lowest BCUT2D eigenvalue weighted by atomic mass is 10.4. The Morgan fingerprint density at radius 3 is 2.55 bits per heavy atom. The molecule has 0 atom stereocenters. The Balaban J connectivity index is 2.40. The first kappa shape index (κ1) is 9.26. The zero-order valence-corrected chi connectivity index (χ0v) is 7.39. The van der Waals surface area contributed by atoms with Crippen molar-refractivity contribution < 1.29 is 14.2 Å². The lowest BCUT2D eigenvalue weighted by molar-refractivity contribution is -0.329. The number of rotatable bonds is 4. The molecule has 0 aliphatic carbocycles. The van der Waals surface area contributed by atoms with E-state index in [1.54, 1.807) is 0 Å². The van der Waals surface area contributed by atoms with E-state index in [4.69, 9.17) is 25.8 Å². The molecule has 1 heterocycles. The number of halogens is 1. The van der Waals surface area contributed by atoms with Crippen LogP contribution in [0.3, 0.4) is 0 Å². The highest BCUT2D eigenvalue weighted by molar-refractivity contribution is 6.17. The Morgan fingerprint density at radius 2 is 2.09 bits per heavy atom. The van der Waals surface area contributed by atoms with Crippen LogP contribution in [0.15, 0.2) is 0 Å². The van der Waals surface area contributed by atoms with E-state index in [0.717, 1.165) is 0 Å². The molecule has 0 saturated carbocycles. The minimum Gasteiger partial charge on any atom is -0.328 e. The van der Waals surface area contributed by atoms with Crippen molar-refractivity contribution in [2.75, 3.05) is 25.7 Å². The molecule has 3 nitrogen and oxygen atoms in total. The smallest absolute Gasteiger partial charge is 0.284 e. The predicted octanol–water partition coefficient (Wildman–Crippen LogP) is 1.35. The van der Waals surface area contributed by atoms with Crippen molar-refractivity contribution in [2.45, 2.75) is 19.3 Å². The van der Waals surface area contributed by atoms with Gasteiger partial charge >= 0.3 is 0 Å². The van der Waals surface area contributed by atoms with E-state index in [9.17, 15) is 0 Å². The number of alkyl halides is 1. The van der Waals surface area contributed by atoms with E-state index in [-0.39, 0.29) is 0 Å². The van der Waals surface area contributed by atoms with Crippen LogP contribution in [0.5, 0.6) is 0 Å². The summed E-state index contributed by atoms with van der Waals surface area (Å²) in [7, 11) is 0. The Bertz CT molecular complexity index is 104. The SMILES string of the molecule is CCOC1(CCCl)OCCO1. The summed E-state index contributed by atoms with van der Waals surface area (Å²) in [4.78, 5) is 0. The largest absolute Gasteiger partial charge is 0.328 e. The Kier molecular flexibility index (Phi) is 3.59. The van der Waals surface area contributed by atoms with Crippen molar-refractivity contribution in [1.82, 2.24) is 0 Å². The predicted molar refractivity (Wildman–Crippen MR) is 41.6 cm³/mol. The van der Waals surface area contributed by atoms with Crippen LogP contribution in [0.2, 0.25) is 0 Å². The fraction of sp³-hybridized carbons (Fsp3) is 1.00. The van der Waals surface area contributed by atoms with Gasteiger partial charge in [0.15, 0.2) is 0 Å². The average molecular weight is 181 g/mol. The van der Waals surface area contributed by atoms with E-state index >= 15 is 0 Å². The van der Waals surface area contributed by atoms with Crippen LogP contribution < -0.4 is 0 Å². The average Bonchev–Trinajstić information content (AvgIpc) is 2.39. The highest BCUT2D eigenvalue weighted by atomic mass is 35.5. The van der Waals surface area contributed by atoms with Gasteiger partial charge in [0.05, 0.1) is 13.2 Å². The second-order valence-corrected chi connectivity index (χ2v) is 2.63. The van der Waals surface area contributed by atoms with Crippen LogP contribution in [0.4, 0.5) is 0 Å². The highest BCUT2D eigenvalue weighted by Crippen LogP contribution is 2.24. The third-order valence-corrected chi connectivity index (χ3v) is 1.68. The monoisotopic (exact) mass is 180 g/mol. The third-order valence-electron chi connectivity index (χ3n) is 1.49. The van der Waals surface area contributed by atoms with E-state index in [1.807, 2.05) is 6.92 Å². The van der Waals surface area contributed by atoms with Gasteiger partial charge in [-0.05, 0) is 6.92 Å². The molecule has 0 spiro atoms. The minimum absolute atomic E-state index is 0.486. The molecule has 1 fully saturated rings. The summed E-state index contributed by atoms with van der Waals surface area (Å²) < 4.78 is 15.9. The standard InChI is InChI=1S/C7H13ClO3/c1-2-9-7(3-4-8)10-5-6-11-7/h2-6H2,1H3. The van der Waals surface area contributed by atoms with Gasteiger partial charge in [0.2, 0.25) is 0 Å². The molecule has 11 heavy (non-hydrogen) atoms. The fourth-order valence-corrected chi connectivity index (χ4v) is 1.30. The molecule has 0 aromatic heterocycles. The Hall–Kier alpha value is 0.170. The molecule has 1 aliphatic heterocycles. The molecule has 0 aromatic carbocycles. The zero-order valence-electron chi connectivity index (χ0n) is 6.64. The first-order valence-corrected chi connectivity index (χ1v) is 4.34. The summed E-state index contributed by atoms with van der Waals surface area (Å²) >= 11 is 5.57. The van der Waals surface area contributed by atoms with Crippen molar-refractivity contribution in [1.29, 1.82) is 0 Å². The first-order chi connectivity index (χ1) is 5.33. The second kappa shape index (κ2) is 4.26. The third kappa shape index (κ3) is 2.30. The number of hydrogen-bond donors (Lipinski definition) is 0. The molecule has 0 unspecified atom stereocenters. The van der Waals surface area contributed by atoms with Gasteiger partial charge in [-0.1, -0.05) is 0 Å². The number of ether oxygens (including phenoxy) is 3. The van der Waals surface area contributed by atoms with Crippen molar-refractivity contribution in [2.24, 2.45) is 0 Å². The van der Waals surface area contributed by atoms with Crippen molar-refractivity contribution >= 4 is 11.6 Å². The molecule has 0 aromatic rings. The maximum atomic E-state index is 5.57. The van der Waals surface area contributed by atoms with Gasteiger partial charge in [-0.25, -0.2) is 0 Å². The maximum absolute atomic E-state index is 5.57. The van der Waals surface area contributed by atoms with Crippen LogP contribution in [-0.4, -0.2) is 31.7 Å². The van der Waals surface area contributed by atoms with Gasteiger partial charge in [0, 0.05) is 18.9 Å². The maximum Gasteiger partial charge on any atom is 0.284 e. The van der Waals surface area contributed by atoms with Crippen LogP contribution in [-0.2, 0) is 14.2 Å². The van der Waals surface area contributed by atoms with Gasteiger partial charge in [0.1, 0.15) is 0 Å². The van der Waals surface area contributed by atoms with Crippen molar-refractivity contribution in [3.63, 3.8) is 0 Å². The summed E-state index contributed by atoms with van der Waals surface area (Å²) in [5.41, 5.74) is 0. The van der Waals surface area contributed by atoms with Gasteiger partial charge in [-0.2, -0.15) is 0 Å². The Morgan fingerprint density at radius 1 is 1.45 bits per heavy atom. The van der Waals surface area contributed by atoms with Crippen molar-refractivity contribution in [3.8, 4) is 0 Å². The fourth-order valence-electron chi connectivity index (χ4n) is 1.07. The van der Waals surface area contributed by atoms with E-state index in [0.29, 0.717) is 32.1 Å². The highest BCUT2D eigenvalue weighted by Gasteiger charge is 2.36. The molecular weight excluding hydrogens is 168 g/mol. The van der Waals surface area contributed by atoms with E-state index in [2.05, 4.69) is 0 Å². The van der Waals surface area contributed by atoms with E-state index < -0.39 is 5.97 Å². The number of hydrogen-bond acceptors (Lipinski definition) is 3. The van der Waals surface area contributed by atoms with E-state index in [1.165, 1.54) is 0 Å². The Labute approximate surface area is 71.6 Å². The summed E-state index contributed by atoms with van der Waals surface area (Å²) in [6.45, 7) is 3.67. The molecular formula is C7H13ClO3. The molecule has 1 saturated heterocycles. The molecule has 1 rings (SSSR count). The molecule has 0 N–H and O–H groups in total. The topological polar surface area (TPSA) is 27.7 Å². The lowest BCUT2D eigenvalue weighted by Gasteiger charge is -2.25. The van der Waals surface area contributed by atoms with Crippen LogP contribution in [0.1, 0.15) is 13.3 Å². The second-order valence-electron chi connectivity index (χ2n) is 2.25. The molecule has 1 aliphatic rings. The molecule has 0 bridgehead atoms. The summed E-state index contributed by atoms with van der Waals surface area (Å²) in [6, 6.07) is 0. The molecule has 0 amide bonds. The zero-order chi connectivity index (χ0) is 8.16. The normalized spacial score (nSPS) is 22.4. The molecule has 4 heteroatoms. The van der Waals surface area contributed by atoms with Gasteiger partial charge in [-0.3, -0.25) is 0 Å². The summed E-state index contributed by atoms with van der Waals surface area (Å²) in [5, 5.41) is 0. The summed E-state index contributed by atoms with van der Waals surface area (Å²) in [6.07, 6.45) is 0.586. The van der Waals surface area contributed by atoms with Crippen LogP contribution in [0.25, 0.3) is 0 Å². The minimum atomic E-state index is -0.837. The van der Waals surface area contributed by atoms with Crippen LogP contribution >= 0.6 is 11.6 Å². The molecule has 66 valence electrons. The first-order valence-electron chi connectivity index (χ1n) is 3.81. The van der Waals surface area contributed by atoms with Gasteiger partial charge in [-0.15, -0.1) is 11.6 Å². The van der Waals surface area contributed by atoms with Gasteiger partial charge < -0.3 is 14.2 Å². The quantitative estimate of drug-likeness (QED) is 0.612.